The molecule has 2 aromatic rings. The van der Waals surface area contributed by atoms with Crippen molar-refractivity contribution in [1.29, 1.82) is 0 Å². The van der Waals surface area contributed by atoms with E-state index < -0.39 is 0 Å². The first kappa shape index (κ1) is 16.4. The van der Waals surface area contributed by atoms with Gasteiger partial charge < -0.3 is 14.1 Å². The van der Waals surface area contributed by atoms with Crippen LogP contribution >= 0.6 is 0 Å². The quantitative estimate of drug-likeness (QED) is 0.811. The third kappa shape index (κ3) is 3.78. The van der Waals surface area contributed by atoms with Crippen molar-refractivity contribution < 1.29 is 13.9 Å². The second-order valence-corrected chi connectivity index (χ2v) is 6.74. The Bertz CT molecular complexity index is 680. The largest absolute Gasteiger partial charge is 0.469 e. The fourth-order valence-electron chi connectivity index (χ4n) is 3.53. The smallest absolute Gasteiger partial charge is 0.230 e. The molecule has 2 aliphatic rings. The molecule has 1 aliphatic carbocycles. The van der Waals surface area contributed by atoms with Gasteiger partial charge in [-0.2, -0.15) is 0 Å². The zero-order valence-electron chi connectivity index (χ0n) is 14.3. The van der Waals surface area contributed by atoms with Gasteiger partial charge in [-0.3, -0.25) is 9.69 Å². The van der Waals surface area contributed by atoms with Crippen LogP contribution in [0.5, 0.6) is 0 Å². The lowest BCUT2D eigenvalue weighted by Gasteiger charge is -2.30. The molecule has 2 heterocycles. The molecule has 0 radical (unpaired) electrons. The molecule has 0 spiro atoms. The molecule has 2 fully saturated rings. The van der Waals surface area contributed by atoms with Gasteiger partial charge in [0, 0.05) is 43.7 Å². The molecular formula is C20H24N2O3. The number of ether oxygens (including phenoxy) is 1. The zero-order chi connectivity index (χ0) is 17.1. The van der Waals surface area contributed by atoms with Crippen LogP contribution in [0.1, 0.15) is 18.1 Å². The van der Waals surface area contributed by atoms with Gasteiger partial charge in [0.15, 0.2) is 0 Å². The SMILES string of the molecule is O=C([C@@H]1C[C@@H]1c1ccco1)N(CCN1CCOCC1)c1ccccc1. The van der Waals surface area contributed by atoms with Gasteiger partial charge >= 0.3 is 0 Å². The number of hydrogen-bond donors (Lipinski definition) is 0. The number of carbonyl (C=O) groups is 1. The lowest BCUT2D eigenvalue weighted by atomic mass is 10.2. The summed E-state index contributed by atoms with van der Waals surface area (Å²) >= 11 is 0. The Hall–Kier alpha value is -2.11. The summed E-state index contributed by atoms with van der Waals surface area (Å²) in [4.78, 5) is 17.4. The fourth-order valence-corrected chi connectivity index (χ4v) is 3.53. The van der Waals surface area contributed by atoms with Crippen LogP contribution in [0.15, 0.2) is 53.1 Å². The van der Waals surface area contributed by atoms with Gasteiger partial charge in [0.1, 0.15) is 5.76 Å². The number of amides is 1. The summed E-state index contributed by atoms with van der Waals surface area (Å²) in [5.41, 5.74) is 0.978. The van der Waals surface area contributed by atoms with Gasteiger partial charge in [-0.05, 0) is 30.7 Å². The van der Waals surface area contributed by atoms with E-state index in [-0.39, 0.29) is 17.7 Å². The number of anilines is 1. The van der Waals surface area contributed by atoms with Crippen LogP contribution in [0.2, 0.25) is 0 Å². The molecule has 5 heteroatoms. The van der Waals surface area contributed by atoms with Crippen molar-refractivity contribution in [2.45, 2.75) is 12.3 Å². The van der Waals surface area contributed by atoms with Gasteiger partial charge in [-0.1, -0.05) is 18.2 Å². The van der Waals surface area contributed by atoms with Crippen molar-refractivity contribution in [3.8, 4) is 0 Å². The molecule has 1 aliphatic heterocycles. The Kier molecular flexibility index (Phi) is 4.85. The molecule has 0 bridgehead atoms. The van der Waals surface area contributed by atoms with Gasteiger partial charge in [-0.25, -0.2) is 0 Å². The number of para-hydroxylation sites is 1. The summed E-state index contributed by atoms with van der Waals surface area (Å²) in [5.74, 6) is 1.41. The Morgan fingerprint density at radius 2 is 1.92 bits per heavy atom. The first-order chi connectivity index (χ1) is 12.3. The summed E-state index contributed by atoms with van der Waals surface area (Å²) in [7, 11) is 0. The van der Waals surface area contributed by atoms with Crippen molar-refractivity contribution in [3.63, 3.8) is 0 Å². The Labute approximate surface area is 148 Å². The molecule has 4 rings (SSSR count). The second-order valence-electron chi connectivity index (χ2n) is 6.74. The van der Waals surface area contributed by atoms with E-state index in [1.807, 2.05) is 47.4 Å². The van der Waals surface area contributed by atoms with E-state index in [1.165, 1.54) is 0 Å². The number of morpholine rings is 1. The standard InChI is InChI=1S/C20H24N2O3/c23-20(18-15-17(18)19-7-4-12-25-19)22(16-5-2-1-3-6-16)9-8-21-10-13-24-14-11-21/h1-7,12,17-18H,8-11,13-15H2/t17-,18+/m0/s1. The molecule has 2 atom stereocenters. The molecule has 1 aromatic carbocycles. The first-order valence-corrected chi connectivity index (χ1v) is 9.03. The molecule has 1 aromatic heterocycles. The number of hydrogen-bond acceptors (Lipinski definition) is 4. The van der Waals surface area contributed by atoms with Crippen LogP contribution in [-0.4, -0.2) is 50.2 Å². The number of furan rings is 1. The van der Waals surface area contributed by atoms with Crippen molar-refractivity contribution >= 4 is 11.6 Å². The Morgan fingerprint density at radius 3 is 2.64 bits per heavy atom. The van der Waals surface area contributed by atoms with E-state index in [4.69, 9.17) is 9.15 Å². The van der Waals surface area contributed by atoms with Crippen molar-refractivity contribution in [2.75, 3.05) is 44.3 Å². The number of benzene rings is 1. The van der Waals surface area contributed by atoms with E-state index in [2.05, 4.69) is 4.90 Å². The molecule has 1 amide bonds. The minimum atomic E-state index is 0.0380. The van der Waals surface area contributed by atoms with E-state index >= 15 is 0 Å². The summed E-state index contributed by atoms with van der Waals surface area (Å²) in [5, 5.41) is 0. The third-order valence-electron chi connectivity index (χ3n) is 5.09. The van der Waals surface area contributed by atoms with Crippen molar-refractivity contribution in [1.82, 2.24) is 4.90 Å². The molecule has 25 heavy (non-hydrogen) atoms. The van der Waals surface area contributed by atoms with E-state index in [9.17, 15) is 4.79 Å². The Balaban J connectivity index is 1.44. The zero-order valence-corrected chi connectivity index (χ0v) is 14.3. The molecular weight excluding hydrogens is 316 g/mol. The highest BCUT2D eigenvalue weighted by molar-refractivity contribution is 5.97. The predicted molar refractivity (Wildman–Crippen MR) is 95.6 cm³/mol. The molecule has 0 N–H and O–H groups in total. The number of carbonyl (C=O) groups excluding carboxylic acids is 1. The van der Waals surface area contributed by atoms with E-state index in [1.54, 1.807) is 6.26 Å². The molecule has 132 valence electrons. The highest BCUT2D eigenvalue weighted by Gasteiger charge is 2.47. The van der Waals surface area contributed by atoms with Crippen molar-refractivity contribution in [2.24, 2.45) is 5.92 Å². The molecule has 1 saturated carbocycles. The summed E-state index contributed by atoms with van der Waals surface area (Å²) in [6, 6.07) is 13.9. The molecule has 5 nitrogen and oxygen atoms in total. The number of rotatable bonds is 6. The summed E-state index contributed by atoms with van der Waals surface area (Å²) in [6.45, 7) is 5.03. The average Bonchev–Trinajstić information content (AvgIpc) is 3.28. The van der Waals surface area contributed by atoms with Crippen LogP contribution in [0.4, 0.5) is 5.69 Å². The average molecular weight is 340 g/mol. The highest BCUT2D eigenvalue weighted by Crippen LogP contribution is 2.49. The van der Waals surface area contributed by atoms with Gasteiger partial charge in [0.05, 0.1) is 19.5 Å². The predicted octanol–water partition coefficient (Wildman–Crippen LogP) is 2.75. The van der Waals surface area contributed by atoms with Crippen LogP contribution in [0.25, 0.3) is 0 Å². The maximum Gasteiger partial charge on any atom is 0.230 e. The third-order valence-corrected chi connectivity index (χ3v) is 5.09. The first-order valence-electron chi connectivity index (χ1n) is 9.03. The Morgan fingerprint density at radius 1 is 1.12 bits per heavy atom. The monoisotopic (exact) mass is 340 g/mol. The highest BCUT2D eigenvalue weighted by atomic mass is 16.5. The van der Waals surface area contributed by atoms with Crippen LogP contribution in [0, 0.1) is 5.92 Å². The lowest BCUT2D eigenvalue weighted by molar-refractivity contribution is -0.120. The second kappa shape index (κ2) is 7.42. The summed E-state index contributed by atoms with van der Waals surface area (Å²) < 4.78 is 10.9. The van der Waals surface area contributed by atoms with E-state index in [0.717, 1.165) is 50.7 Å². The van der Waals surface area contributed by atoms with Gasteiger partial charge in [-0.15, -0.1) is 0 Å². The topological polar surface area (TPSA) is 45.9 Å². The normalized spacial score (nSPS) is 23.4. The minimum Gasteiger partial charge on any atom is -0.469 e. The number of nitrogens with zero attached hydrogens (tertiary/aromatic N) is 2. The maximum absolute atomic E-state index is 13.1. The van der Waals surface area contributed by atoms with E-state index in [0.29, 0.717) is 6.54 Å². The van der Waals surface area contributed by atoms with Crippen LogP contribution in [0.3, 0.4) is 0 Å². The van der Waals surface area contributed by atoms with Gasteiger partial charge in [0.2, 0.25) is 5.91 Å². The fraction of sp³-hybridized carbons (Fsp3) is 0.450. The van der Waals surface area contributed by atoms with Crippen LogP contribution in [-0.2, 0) is 9.53 Å². The van der Waals surface area contributed by atoms with Crippen molar-refractivity contribution in [3.05, 3.63) is 54.5 Å². The van der Waals surface area contributed by atoms with Gasteiger partial charge in [0.25, 0.3) is 0 Å². The molecule has 1 saturated heterocycles. The van der Waals surface area contributed by atoms with Crippen LogP contribution < -0.4 is 4.90 Å². The lowest BCUT2D eigenvalue weighted by Crippen LogP contribution is -2.43. The maximum atomic E-state index is 13.1. The molecule has 0 unspecified atom stereocenters. The minimum absolute atomic E-state index is 0.0380. The summed E-state index contributed by atoms with van der Waals surface area (Å²) in [6.07, 6.45) is 2.57.